The summed E-state index contributed by atoms with van der Waals surface area (Å²) in [5.74, 6) is 0.460. The summed E-state index contributed by atoms with van der Waals surface area (Å²) in [5, 5.41) is 2.10. The molecule has 0 aliphatic heterocycles. The van der Waals surface area contributed by atoms with E-state index < -0.39 is 0 Å². The van der Waals surface area contributed by atoms with Crippen molar-refractivity contribution in [3.63, 3.8) is 0 Å². The molecule has 0 aromatic rings. The molecule has 0 spiro atoms. The molecule has 0 saturated heterocycles. The molecule has 0 aromatic heterocycles. The van der Waals surface area contributed by atoms with Crippen LogP contribution >= 0.6 is 12.2 Å². The molecule has 1 saturated carbocycles. The summed E-state index contributed by atoms with van der Waals surface area (Å²) < 4.78 is 0. The van der Waals surface area contributed by atoms with Crippen molar-refractivity contribution in [2.45, 2.75) is 32.1 Å². The highest BCUT2D eigenvalue weighted by Gasteiger charge is 2.17. The van der Waals surface area contributed by atoms with Crippen molar-refractivity contribution >= 4 is 23.3 Å². The van der Waals surface area contributed by atoms with Gasteiger partial charge in [-0.25, -0.2) is 0 Å². The average Bonchev–Trinajstić information content (AvgIpc) is 2.40. The number of isothiocyanates is 1. The Balaban J connectivity index is 2.29. The van der Waals surface area contributed by atoms with Crippen molar-refractivity contribution in [1.29, 1.82) is 0 Å². The summed E-state index contributed by atoms with van der Waals surface area (Å²) >= 11 is 4.33. The molecule has 0 bridgehead atoms. The van der Waals surface area contributed by atoms with E-state index in [0.717, 1.165) is 0 Å². The number of aliphatic imine (C=N–C) groups is 1. The molecule has 0 heterocycles. The molecule has 1 aliphatic carbocycles. The fourth-order valence-electron chi connectivity index (χ4n) is 1.56. The molecule has 1 rings (SSSR count). The number of hydrogen-bond acceptors (Lipinski definition) is 2. The van der Waals surface area contributed by atoms with Gasteiger partial charge in [0.1, 0.15) is 0 Å². The molecule has 0 atom stereocenters. The SMILES string of the molecule is O=C(CC1CCCC1)N=C=S. The van der Waals surface area contributed by atoms with Crippen molar-refractivity contribution in [1.82, 2.24) is 0 Å². The maximum atomic E-state index is 10.9. The van der Waals surface area contributed by atoms with E-state index in [1.54, 1.807) is 0 Å². The van der Waals surface area contributed by atoms with E-state index in [9.17, 15) is 4.79 Å². The molecule has 11 heavy (non-hydrogen) atoms. The molecule has 1 fully saturated rings. The standard InChI is InChI=1S/C8H11NOS/c10-8(9-6-11)5-7-3-1-2-4-7/h7H,1-5H2. The Morgan fingerprint density at radius 3 is 2.73 bits per heavy atom. The van der Waals surface area contributed by atoms with Crippen LogP contribution in [0.1, 0.15) is 32.1 Å². The minimum absolute atomic E-state index is 0.105. The Morgan fingerprint density at radius 2 is 2.18 bits per heavy atom. The van der Waals surface area contributed by atoms with E-state index in [1.165, 1.54) is 25.7 Å². The zero-order chi connectivity index (χ0) is 8.10. The van der Waals surface area contributed by atoms with Crippen LogP contribution in [0.25, 0.3) is 0 Å². The average molecular weight is 169 g/mol. The van der Waals surface area contributed by atoms with Gasteiger partial charge in [-0.3, -0.25) is 4.79 Å². The Labute approximate surface area is 71.7 Å². The Bertz CT molecular complexity index is 190. The number of rotatable bonds is 2. The van der Waals surface area contributed by atoms with Gasteiger partial charge in [-0.1, -0.05) is 12.8 Å². The van der Waals surface area contributed by atoms with Crippen LogP contribution in [0.4, 0.5) is 0 Å². The summed E-state index contributed by atoms with van der Waals surface area (Å²) in [4.78, 5) is 14.3. The molecule has 0 unspecified atom stereocenters. The lowest BCUT2D eigenvalue weighted by molar-refractivity contribution is -0.118. The highest BCUT2D eigenvalue weighted by atomic mass is 32.1. The van der Waals surface area contributed by atoms with Gasteiger partial charge >= 0.3 is 0 Å². The first kappa shape index (κ1) is 8.57. The highest BCUT2D eigenvalue weighted by molar-refractivity contribution is 7.78. The van der Waals surface area contributed by atoms with Gasteiger partial charge in [-0.05, 0) is 31.0 Å². The maximum Gasteiger partial charge on any atom is 0.254 e. The molecule has 2 nitrogen and oxygen atoms in total. The smallest absolute Gasteiger partial charge is 0.254 e. The third-order valence-electron chi connectivity index (χ3n) is 2.11. The minimum atomic E-state index is -0.105. The van der Waals surface area contributed by atoms with Crippen LogP contribution in [0.5, 0.6) is 0 Å². The summed E-state index contributed by atoms with van der Waals surface area (Å²) in [6.45, 7) is 0. The van der Waals surface area contributed by atoms with E-state index in [1.807, 2.05) is 0 Å². The zero-order valence-electron chi connectivity index (χ0n) is 6.38. The van der Waals surface area contributed by atoms with Crippen LogP contribution in [0.2, 0.25) is 0 Å². The molecule has 3 heteroatoms. The highest BCUT2D eigenvalue weighted by Crippen LogP contribution is 2.27. The quantitative estimate of drug-likeness (QED) is 0.468. The van der Waals surface area contributed by atoms with Crippen LogP contribution in [-0.2, 0) is 4.79 Å². The lowest BCUT2D eigenvalue weighted by Gasteiger charge is -2.02. The lowest BCUT2D eigenvalue weighted by atomic mass is 10.0. The van der Waals surface area contributed by atoms with Crippen LogP contribution in [0.15, 0.2) is 4.99 Å². The second-order valence-corrected chi connectivity index (χ2v) is 3.13. The monoisotopic (exact) mass is 169 g/mol. The normalized spacial score (nSPS) is 17.8. The first-order valence-corrected chi connectivity index (χ1v) is 4.34. The van der Waals surface area contributed by atoms with Gasteiger partial charge < -0.3 is 0 Å². The number of nitrogens with zero attached hydrogens (tertiary/aromatic N) is 1. The number of hydrogen-bond donors (Lipinski definition) is 0. The molecular formula is C8H11NOS. The van der Waals surface area contributed by atoms with Gasteiger partial charge in [0.25, 0.3) is 5.91 Å². The number of carbonyl (C=O) groups is 1. The van der Waals surface area contributed by atoms with Gasteiger partial charge in [0.15, 0.2) is 0 Å². The molecule has 0 aromatic carbocycles. The molecular weight excluding hydrogens is 158 g/mol. The second-order valence-electron chi connectivity index (χ2n) is 2.95. The first-order valence-electron chi connectivity index (χ1n) is 3.93. The fraction of sp³-hybridized carbons (Fsp3) is 0.750. The van der Waals surface area contributed by atoms with Gasteiger partial charge in [0.2, 0.25) is 0 Å². The maximum absolute atomic E-state index is 10.9. The van der Waals surface area contributed by atoms with E-state index in [0.29, 0.717) is 12.3 Å². The summed E-state index contributed by atoms with van der Waals surface area (Å²) in [5.41, 5.74) is 0. The number of amides is 1. The van der Waals surface area contributed by atoms with Crippen LogP contribution in [-0.4, -0.2) is 11.1 Å². The van der Waals surface area contributed by atoms with Crippen molar-refractivity contribution in [3.05, 3.63) is 0 Å². The first-order chi connectivity index (χ1) is 5.33. The Morgan fingerprint density at radius 1 is 1.55 bits per heavy atom. The fourth-order valence-corrected chi connectivity index (χ4v) is 1.66. The van der Waals surface area contributed by atoms with Crippen molar-refractivity contribution in [3.8, 4) is 0 Å². The molecule has 1 aliphatic rings. The topological polar surface area (TPSA) is 29.4 Å². The molecule has 1 amide bonds. The zero-order valence-corrected chi connectivity index (χ0v) is 7.19. The van der Waals surface area contributed by atoms with Crippen LogP contribution in [0, 0.1) is 5.92 Å². The number of carbonyl (C=O) groups excluding carboxylic acids is 1. The molecule has 0 radical (unpaired) electrons. The van der Waals surface area contributed by atoms with Crippen LogP contribution in [0.3, 0.4) is 0 Å². The predicted molar refractivity (Wildman–Crippen MR) is 46.6 cm³/mol. The Hall–Kier alpha value is -0.530. The van der Waals surface area contributed by atoms with Gasteiger partial charge in [0, 0.05) is 6.42 Å². The second kappa shape index (κ2) is 4.37. The van der Waals surface area contributed by atoms with Gasteiger partial charge in [-0.2, -0.15) is 4.99 Å². The van der Waals surface area contributed by atoms with E-state index in [2.05, 4.69) is 22.4 Å². The van der Waals surface area contributed by atoms with Gasteiger partial charge in [-0.15, -0.1) is 0 Å². The molecule has 60 valence electrons. The lowest BCUT2D eigenvalue weighted by Crippen LogP contribution is -2.01. The van der Waals surface area contributed by atoms with E-state index >= 15 is 0 Å². The summed E-state index contributed by atoms with van der Waals surface area (Å²) in [7, 11) is 0. The third kappa shape index (κ3) is 2.91. The van der Waals surface area contributed by atoms with E-state index in [4.69, 9.17) is 0 Å². The largest absolute Gasteiger partial charge is 0.272 e. The third-order valence-corrected chi connectivity index (χ3v) is 2.20. The number of thiocarbonyl (C=S) groups is 1. The minimum Gasteiger partial charge on any atom is -0.272 e. The summed E-state index contributed by atoms with van der Waals surface area (Å²) in [6, 6.07) is 0. The van der Waals surface area contributed by atoms with Crippen LogP contribution < -0.4 is 0 Å². The van der Waals surface area contributed by atoms with Crippen molar-refractivity contribution in [2.75, 3.05) is 0 Å². The van der Waals surface area contributed by atoms with Crippen molar-refractivity contribution in [2.24, 2.45) is 10.9 Å². The van der Waals surface area contributed by atoms with E-state index in [-0.39, 0.29) is 5.91 Å². The van der Waals surface area contributed by atoms with Gasteiger partial charge in [0.05, 0.1) is 5.16 Å². The molecule has 0 N–H and O–H groups in total. The Kier molecular flexibility index (Phi) is 3.40. The predicted octanol–water partition coefficient (Wildman–Crippen LogP) is 2.20. The summed E-state index contributed by atoms with van der Waals surface area (Å²) in [6.07, 6.45) is 5.46. The van der Waals surface area contributed by atoms with Crippen molar-refractivity contribution < 1.29 is 4.79 Å².